The van der Waals surface area contributed by atoms with E-state index in [0.717, 1.165) is 19.3 Å². The molecule has 1 aromatic carbocycles. The fourth-order valence-corrected chi connectivity index (χ4v) is 3.34. The molecule has 8 heteroatoms. The zero-order chi connectivity index (χ0) is 19.4. The van der Waals surface area contributed by atoms with Crippen molar-refractivity contribution in [1.82, 2.24) is 5.32 Å². The minimum atomic E-state index is -4.65. The number of benzene rings is 1. The Balaban J connectivity index is 1.69. The van der Waals surface area contributed by atoms with Crippen molar-refractivity contribution in [3.63, 3.8) is 0 Å². The van der Waals surface area contributed by atoms with E-state index in [1.54, 1.807) is 0 Å². The molecular weight excluding hydrogens is 377 g/mol. The van der Waals surface area contributed by atoms with Crippen LogP contribution in [0.3, 0.4) is 0 Å². The van der Waals surface area contributed by atoms with Crippen molar-refractivity contribution in [2.24, 2.45) is 0 Å². The number of nitrogens with one attached hydrogen (secondary N) is 2. The predicted molar refractivity (Wildman–Crippen MR) is 103 cm³/mol. The van der Waals surface area contributed by atoms with Gasteiger partial charge < -0.3 is 15.1 Å². The molecule has 0 atom stereocenters. The predicted octanol–water partition coefficient (Wildman–Crippen LogP) is 4.99. The van der Waals surface area contributed by atoms with E-state index in [-0.39, 0.29) is 11.0 Å². The lowest BCUT2D eigenvalue weighted by Gasteiger charge is -2.15. The van der Waals surface area contributed by atoms with Crippen molar-refractivity contribution in [3.8, 4) is 0 Å². The van der Waals surface area contributed by atoms with E-state index in [0.29, 0.717) is 23.4 Å². The van der Waals surface area contributed by atoms with Crippen LogP contribution in [0.1, 0.15) is 37.7 Å². The van der Waals surface area contributed by atoms with Gasteiger partial charge in [0.1, 0.15) is 5.58 Å². The van der Waals surface area contributed by atoms with E-state index in [1.165, 1.54) is 36.6 Å². The van der Waals surface area contributed by atoms with Gasteiger partial charge in [-0.05, 0) is 62.5 Å². The van der Waals surface area contributed by atoms with Gasteiger partial charge in [-0.25, -0.2) is 4.79 Å². The van der Waals surface area contributed by atoms with Crippen molar-refractivity contribution in [3.05, 3.63) is 51.9 Å². The average molecular weight is 396 g/mol. The number of hydrogen-bond donors (Lipinski definition) is 2. The number of thiocarbonyl (C=S) groups is 1. The first-order chi connectivity index (χ1) is 12.8. The minimum absolute atomic E-state index is 0.122. The molecule has 0 saturated heterocycles. The van der Waals surface area contributed by atoms with Crippen LogP contribution in [0.2, 0.25) is 0 Å². The molecule has 2 aromatic rings. The first kappa shape index (κ1) is 19.4. The number of anilines is 1. The number of fused-ring (bicyclic) bond motifs is 1. The lowest BCUT2D eigenvalue weighted by molar-refractivity contribution is -0.136. The molecule has 2 N–H and O–H groups in total. The van der Waals surface area contributed by atoms with Crippen LogP contribution in [0.4, 0.5) is 18.9 Å². The highest BCUT2D eigenvalue weighted by Gasteiger charge is 2.33. The Hall–Kier alpha value is -2.35. The molecule has 0 unspecified atom stereocenters. The van der Waals surface area contributed by atoms with Crippen LogP contribution in [-0.2, 0) is 6.18 Å². The Morgan fingerprint density at radius 2 is 2.04 bits per heavy atom. The zero-order valence-corrected chi connectivity index (χ0v) is 15.3. The van der Waals surface area contributed by atoms with Crippen LogP contribution in [-0.4, -0.2) is 11.7 Å². The highest BCUT2D eigenvalue weighted by atomic mass is 32.1. The summed E-state index contributed by atoms with van der Waals surface area (Å²) in [6.45, 7) is 0.661. The molecule has 0 saturated carbocycles. The van der Waals surface area contributed by atoms with Crippen LogP contribution >= 0.6 is 12.2 Å². The molecule has 0 bridgehead atoms. The Kier molecular flexibility index (Phi) is 5.84. The second-order valence-electron chi connectivity index (χ2n) is 6.43. The van der Waals surface area contributed by atoms with Gasteiger partial charge in [0.25, 0.3) is 0 Å². The van der Waals surface area contributed by atoms with Gasteiger partial charge in [0.05, 0.1) is 5.56 Å². The molecule has 1 aliphatic rings. The summed E-state index contributed by atoms with van der Waals surface area (Å²) in [6.07, 6.45) is 3.17. The Morgan fingerprint density at radius 1 is 1.22 bits per heavy atom. The van der Waals surface area contributed by atoms with Gasteiger partial charge in [-0.2, -0.15) is 13.2 Å². The maximum Gasteiger partial charge on any atom is 0.417 e. The van der Waals surface area contributed by atoms with Gasteiger partial charge >= 0.3 is 11.8 Å². The summed E-state index contributed by atoms with van der Waals surface area (Å²) >= 11 is 5.22. The number of hydrogen-bond acceptors (Lipinski definition) is 3. The Bertz CT molecular complexity index is 935. The molecule has 1 aromatic heterocycles. The summed E-state index contributed by atoms with van der Waals surface area (Å²) < 4.78 is 44.4. The smallest absolute Gasteiger partial charge is 0.417 e. The lowest BCUT2D eigenvalue weighted by atomic mass is 9.97. The van der Waals surface area contributed by atoms with Crippen molar-refractivity contribution < 1.29 is 17.6 Å². The summed E-state index contributed by atoms with van der Waals surface area (Å²) in [4.78, 5) is 11.3. The van der Waals surface area contributed by atoms with Crippen molar-refractivity contribution >= 4 is 34.0 Å². The third-order valence-corrected chi connectivity index (χ3v) is 4.67. The van der Waals surface area contributed by atoms with Gasteiger partial charge in [0, 0.05) is 23.7 Å². The van der Waals surface area contributed by atoms with Crippen molar-refractivity contribution in [2.45, 2.75) is 38.3 Å². The third kappa shape index (κ3) is 5.09. The fraction of sp³-hybridized carbons (Fsp3) is 0.368. The summed E-state index contributed by atoms with van der Waals surface area (Å²) in [5.74, 6) is 0. The first-order valence-corrected chi connectivity index (χ1v) is 9.11. The van der Waals surface area contributed by atoms with Gasteiger partial charge in [0.2, 0.25) is 0 Å². The van der Waals surface area contributed by atoms with Gasteiger partial charge in [-0.1, -0.05) is 11.6 Å². The zero-order valence-electron chi connectivity index (χ0n) is 14.5. The second-order valence-corrected chi connectivity index (χ2v) is 6.84. The van der Waals surface area contributed by atoms with E-state index in [9.17, 15) is 18.0 Å². The SMILES string of the molecule is O=c1cc(C(F)(F)F)c2cc(NC(=S)NCCC3=CCCCC3)ccc2o1. The monoisotopic (exact) mass is 396 g/mol. The quantitative estimate of drug-likeness (QED) is 0.433. The highest BCUT2D eigenvalue weighted by molar-refractivity contribution is 7.80. The molecule has 144 valence electrons. The largest absolute Gasteiger partial charge is 0.423 e. The summed E-state index contributed by atoms with van der Waals surface area (Å²) in [5, 5.41) is 6.08. The molecule has 0 amide bonds. The Labute approximate surface area is 159 Å². The molecular formula is C19H19F3N2O2S. The normalized spacial score (nSPS) is 14.7. The molecule has 0 fully saturated rings. The second kappa shape index (κ2) is 8.12. The molecule has 1 heterocycles. The minimum Gasteiger partial charge on any atom is -0.423 e. The van der Waals surface area contributed by atoms with Crippen molar-refractivity contribution in [1.29, 1.82) is 0 Å². The van der Waals surface area contributed by atoms with E-state index in [1.807, 2.05) is 0 Å². The average Bonchev–Trinajstić information content (AvgIpc) is 2.61. The number of halogens is 3. The van der Waals surface area contributed by atoms with E-state index in [2.05, 4.69) is 16.7 Å². The summed E-state index contributed by atoms with van der Waals surface area (Å²) in [5.41, 5.74) is -0.392. The molecule has 0 radical (unpaired) electrons. The van der Waals surface area contributed by atoms with Crippen LogP contribution in [0.15, 0.2) is 45.1 Å². The molecule has 0 spiro atoms. The summed E-state index contributed by atoms with van der Waals surface area (Å²) in [7, 11) is 0. The van der Waals surface area contributed by atoms with Crippen LogP contribution in [0, 0.1) is 0 Å². The standard InChI is InChI=1S/C19H19F3N2O2S/c20-19(21,22)15-11-17(25)26-16-7-6-13(10-14(15)16)24-18(27)23-9-8-12-4-2-1-3-5-12/h4,6-7,10-11H,1-3,5,8-9H2,(H2,23,24,27). The van der Waals surface area contributed by atoms with Gasteiger partial charge in [-0.3, -0.25) is 0 Å². The third-order valence-electron chi connectivity index (χ3n) is 4.42. The number of allylic oxidation sites excluding steroid dienone is 1. The molecule has 3 rings (SSSR count). The van der Waals surface area contributed by atoms with Crippen molar-refractivity contribution in [2.75, 3.05) is 11.9 Å². The molecule has 4 nitrogen and oxygen atoms in total. The maximum atomic E-state index is 13.2. The van der Waals surface area contributed by atoms with E-state index in [4.69, 9.17) is 16.6 Å². The first-order valence-electron chi connectivity index (χ1n) is 8.71. The molecule has 1 aliphatic carbocycles. The number of rotatable bonds is 4. The van der Waals surface area contributed by atoms with Crippen LogP contribution in [0.5, 0.6) is 0 Å². The van der Waals surface area contributed by atoms with E-state index < -0.39 is 17.4 Å². The maximum absolute atomic E-state index is 13.2. The topological polar surface area (TPSA) is 54.3 Å². The van der Waals surface area contributed by atoms with E-state index >= 15 is 0 Å². The molecule has 27 heavy (non-hydrogen) atoms. The lowest BCUT2D eigenvalue weighted by Crippen LogP contribution is -2.29. The number of alkyl halides is 3. The van der Waals surface area contributed by atoms with Gasteiger partial charge in [0.15, 0.2) is 5.11 Å². The van der Waals surface area contributed by atoms with Gasteiger partial charge in [-0.15, -0.1) is 0 Å². The van der Waals surface area contributed by atoms with Crippen LogP contribution in [0.25, 0.3) is 11.0 Å². The molecule has 0 aliphatic heterocycles. The van der Waals surface area contributed by atoms with Crippen LogP contribution < -0.4 is 16.3 Å². The highest BCUT2D eigenvalue weighted by Crippen LogP contribution is 2.34. The fourth-order valence-electron chi connectivity index (χ4n) is 3.12. The Morgan fingerprint density at radius 3 is 2.74 bits per heavy atom. The summed E-state index contributed by atoms with van der Waals surface area (Å²) in [6, 6.07) is 4.58.